The number of benzene rings is 3. The molecule has 2 aliphatic heterocycles. The Labute approximate surface area is 426 Å². The SMILES string of the molecule is Cc1cnc(Nc2ccc(N3CCN(C(=O)CCCC(=O)NC(C(=O)N4C[C@H](O)C[C@H]4C(=O)NCc4ccc(-c5scnc5C)cc4)C(C)(C)C)CC3)cc2)nc1Nc1cccc(S(=O)(=O)NC(C)(C)C)c1. The van der Waals surface area contributed by atoms with Gasteiger partial charge in [-0.3, -0.25) is 19.2 Å². The third kappa shape index (κ3) is 13.9. The number of aryl methyl sites for hydroxylation is 2. The van der Waals surface area contributed by atoms with Crippen molar-refractivity contribution >= 4 is 73.8 Å². The van der Waals surface area contributed by atoms with Crippen LogP contribution in [0.1, 0.15) is 84.0 Å². The molecule has 4 heterocycles. The highest BCUT2D eigenvalue weighted by molar-refractivity contribution is 7.89. The zero-order chi connectivity index (χ0) is 52.0. The molecule has 18 nitrogen and oxygen atoms in total. The molecule has 0 saturated carbocycles. The molecule has 0 radical (unpaired) electrons. The fraction of sp³-hybridized carbons (Fsp3) is 0.442. The summed E-state index contributed by atoms with van der Waals surface area (Å²) in [5.41, 5.74) is 6.45. The summed E-state index contributed by atoms with van der Waals surface area (Å²) in [6.07, 6.45) is 1.41. The van der Waals surface area contributed by atoms with Gasteiger partial charge in [0.25, 0.3) is 0 Å². The van der Waals surface area contributed by atoms with Gasteiger partial charge < -0.3 is 41.1 Å². The van der Waals surface area contributed by atoms with Crippen molar-refractivity contribution in [2.75, 3.05) is 48.3 Å². The molecule has 1 unspecified atom stereocenters. The van der Waals surface area contributed by atoms with Crippen molar-refractivity contribution in [2.45, 2.75) is 116 Å². The second-order valence-electron chi connectivity index (χ2n) is 20.6. The first-order valence-corrected chi connectivity index (χ1v) is 26.6. The smallest absolute Gasteiger partial charge is 0.246 e. The van der Waals surface area contributed by atoms with Gasteiger partial charge in [0.2, 0.25) is 39.6 Å². The fourth-order valence-electron chi connectivity index (χ4n) is 8.64. The molecule has 6 N–H and O–H groups in total. The highest BCUT2D eigenvalue weighted by Crippen LogP contribution is 2.30. The number of carbonyl (C=O) groups is 4. The molecule has 2 fully saturated rings. The molecule has 2 saturated heterocycles. The lowest BCUT2D eigenvalue weighted by Gasteiger charge is -2.36. The summed E-state index contributed by atoms with van der Waals surface area (Å²) in [6.45, 7) is 17.2. The van der Waals surface area contributed by atoms with Gasteiger partial charge in [0.15, 0.2) is 0 Å². The summed E-state index contributed by atoms with van der Waals surface area (Å²) in [6, 6.07) is 20.4. The number of likely N-dealkylation sites (tertiary alicyclic amines) is 1. The minimum atomic E-state index is -3.73. The number of nitrogens with zero attached hydrogens (tertiary/aromatic N) is 6. The molecular formula is C52H67N11O7S2. The minimum absolute atomic E-state index is 0.0246. The zero-order valence-corrected chi connectivity index (χ0v) is 43.9. The number of rotatable bonds is 17. The number of β-amino-alcohol motifs (C(OH)–C–C–N with tert-alkyl or cyclic N) is 1. The van der Waals surface area contributed by atoms with Crippen LogP contribution in [-0.2, 0) is 35.7 Å². The van der Waals surface area contributed by atoms with Crippen molar-refractivity contribution < 1.29 is 32.7 Å². The predicted octanol–water partition coefficient (Wildman–Crippen LogP) is 6.41. The molecule has 0 spiro atoms. The van der Waals surface area contributed by atoms with E-state index in [1.807, 2.05) is 93.6 Å². The molecule has 2 aliphatic rings. The Morgan fingerprint density at radius 2 is 1.57 bits per heavy atom. The molecule has 2 aromatic heterocycles. The van der Waals surface area contributed by atoms with Crippen LogP contribution in [0.5, 0.6) is 0 Å². The number of anilines is 5. The molecule has 5 aromatic rings. The Bertz CT molecular complexity index is 2840. The monoisotopic (exact) mass is 1020 g/mol. The van der Waals surface area contributed by atoms with E-state index in [0.29, 0.717) is 50.1 Å². The summed E-state index contributed by atoms with van der Waals surface area (Å²) in [5.74, 6) is -0.348. The van der Waals surface area contributed by atoms with Crippen molar-refractivity contribution in [1.29, 1.82) is 0 Å². The number of amides is 4. The van der Waals surface area contributed by atoms with Gasteiger partial charge in [-0.2, -0.15) is 4.98 Å². The van der Waals surface area contributed by atoms with E-state index in [1.54, 1.807) is 62.6 Å². The minimum Gasteiger partial charge on any atom is -0.391 e. The topological polar surface area (TPSA) is 231 Å². The highest BCUT2D eigenvalue weighted by atomic mass is 32.2. The maximum Gasteiger partial charge on any atom is 0.246 e. The third-order valence-corrected chi connectivity index (χ3v) is 15.2. The van der Waals surface area contributed by atoms with E-state index < -0.39 is 45.1 Å². The maximum absolute atomic E-state index is 14.1. The molecule has 0 bridgehead atoms. The van der Waals surface area contributed by atoms with E-state index in [-0.39, 0.29) is 55.0 Å². The first-order chi connectivity index (χ1) is 34.0. The van der Waals surface area contributed by atoms with Gasteiger partial charge in [0.05, 0.1) is 27.1 Å². The van der Waals surface area contributed by atoms with Gasteiger partial charge in [-0.25, -0.2) is 23.1 Å². The van der Waals surface area contributed by atoms with Gasteiger partial charge in [-0.1, -0.05) is 51.1 Å². The van der Waals surface area contributed by atoms with E-state index in [1.165, 1.54) is 4.90 Å². The van der Waals surface area contributed by atoms with Crippen molar-refractivity contribution in [3.05, 3.63) is 101 Å². The second kappa shape index (κ2) is 22.5. The van der Waals surface area contributed by atoms with Crippen LogP contribution in [0, 0.1) is 19.3 Å². The van der Waals surface area contributed by atoms with Crippen LogP contribution < -0.4 is 30.9 Å². The number of sulfonamides is 1. The first kappa shape index (κ1) is 53.3. The molecule has 384 valence electrons. The van der Waals surface area contributed by atoms with Crippen LogP contribution in [0.4, 0.5) is 28.8 Å². The van der Waals surface area contributed by atoms with Gasteiger partial charge in [0.1, 0.15) is 17.9 Å². The number of aromatic nitrogens is 3. The van der Waals surface area contributed by atoms with Crippen molar-refractivity contribution in [3.63, 3.8) is 0 Å². The number of aliphatic hydroxyl groups excluding tert-OH is 1. The number of piperazine rings is 1. The summed E-state index contributed by atoms with van der Waals surface area (Å²) in [4.78, 5) is 74.3. The van der Waals surface area contributed by atoms with Crippen LogP contribution in [0.3, 0.4) is 0 Å². The lowest BCUT2D eigenvalue weighted by molar-refractivity contribution is -0.144. The largest absolute Gasteiger partial charge is 0.391 e. The number of hydrogen-bond donors (Lipinski definition) is 6. The summed E-state index contributed by atoms with van der Waals surface area (Å²) in [7, 11) is -3.73. The normalized spacial score (nSPS) is 16.8. The van der Waals surface area contributed by atoms with Crippen LogP contribution in [0.15, 0.2) is 89.4 Å². The Balaban J connectivity index is 0.848. The lowest BCUT2D eigenvalue weighted by atomic mass is 9.85. The molecule has 0 aliphatic carbocycles. The second-order valence-corrected chi connectivity index (χ2v) is 23.1. The van der Waals surface area contributed by atoms with Gasteiger partial charge in [-0.15, -0.1) is 11.3 Å². The Hall–Kier alpha value is -6.48. The van der Waals surface area contributed by atoms with Crippen LogP contribution in [0.2, 0.25) is 0 Å². The quantitative estimate of drug-likeness (QED) is 0.0592. The molecule has 4 amide bonds. The zero-order valence-electron chi connectivity index (χ0n) is 42.3. The molecule has 20 heteroatoms. The van der Waals surface area contributed by atoms with E-state index in [9.17, 15) is 32.7 Å². The number of nitrogens with one attached hydrogen (secondary N) is 5. The fourth-order valence-corrected chi connectivity index (χ4v) is 10.9. The predicted molar refractivity (Wildman–Crippen MR) is 281 cm³/mol. The van der Waals surface area contributed by atoms with E-state index in [4.69, 9.17) is 0 Å². The Kier molecular flexibility index (Phi) is 16.7. The van der Waals surface area contributed by atoms with Crippen molar-refractivity contribution in [2.24, 2.45) is 5.41 Å². The van der Waals surface area contributed by atoms with E-state index in [2.05, 4.69) is 45.8 Å². The first-order valence-electron chi connectivity index (χ1n) is 24.2. The standard InChI is InChI=1S/C52H67N11O7S2/c1-33-29-54-50(59-47(33)56-38-11-9-12-41(27-38)72(69,70)60-52(6,7)8)57-37-19-21-39(22-20-37)61-23-25-62(26-24-61)44(66)14-10-13-43(65)58-46(51(3,4)5)49(68)63-31-40(64)28-42(63)48(67)53-30-35-15-17-36(18-16-35)45-34(2)55-32-71-45/h9,11-12,15-22,27,29,32,40,42,46,60,64H,10,13-14,23-26,28,30-31H2,1-8H3,(H,53,67)(H,58,65)(H2,54,56,57,59)/t40-,42+,46?/m1/s1. The highest BCUT2D eigenvalue weighted by Gasteiger charge is 2.44. The third-order valence-electron chi connectivity index (χ3n) is 12.4. The maximum atomic E-state index is 14.1. The average Bonchev–Trinajstić information content (AvgIpc) is 3.95. The molecule has 72 heavy (non-hydrogen) atoms. The van der Waals surface area contributed by atoms with E-state index >= 15 is 0 Å². The van der Waals surface area contributed by atoms with Gasteiger partial charge in [-0.05, 0) is 100 Å². The van der Waals surface area contributed by atoms with Crippen LogP contribution in [0.25, 0.3) is 10.4 Å². The van der Waals surface area contributed by atoms with Crippen molar-refractivity contribution in [3.8, 4) is 10.4 Å². The number of carbonyl (C=O) groups excluding carboxylic acids is 4. The molecule has 3 aromatic carbocycles. The summed E-state index contributed by atoms with van der Waals surface area (Å²) in [5, 5.41) is 22.9. The van der Waals surface area contributed by atoms with Crippen LogP contribution in [-0.4, -0.2) is 118 Å². The summed E-state index contributed by atoms with van der Waals surface area (Å²) < 4.78 is 28.6. The molecule has 7 rings (SSSR count). The molecule has 3 atom stereocenters. The number of aliphatic hydroxyl groups is 1. The van der Waals surface area contributed by atoms with Crippen LogP contribution >= 0.6 is 11.3 Å². The number of thiazole rings is 1. The Morgan fingerprint density at radius 3 is 2.22 bits per heavy atom. The lowest BCUT2D eigenvalue weighted by Crippen LogP contribution is -2.57. The summed E-state index contributed by atoms with van der Waals surface area (Å²) >= 11 is 1.57. The molecular weight excluding hydrogens is 955 g/mol. The number of hydrogen-bond acceptors (Lipinski definition) is 14. The van der Waals surface area contributed by atoms with Gasteiger partial charge >= 0.3 is 0 Å². The van der Waals surface area contributed by atoms with E-state index in [0.717, 1.165) is 38.6 Å². The van der Waals surface area contributed by atoms with Crippen molar-refractivity contribution in [1.82, 2.24) is 40.1 Å². The van der Waals surface area contributed by atoms with Gasteiger partial charge in [0, 0.05) is 92.9 Å². The average molecular weight is 1020 g/mol. The Morgan fingerprint density at radius 1 is 0.861 bits per heavy atom.